The molecule has 5 nitrogen and oxygen atoms in total. The summed E-state index contributed by atoms with van der Waals surface area (Å²) in [6.07, 6.45) is 2.37. The molecule has 2 aromatic carbocycles. The highest BCUT2D eigenvalue weighted by Gasteiger charge is 2.17. The van der Waals surface area contributed by atoms with Crippen LogP contribution < -0.4 is 4.74 Å². The molecular formula is C18H17BrN2O3S. The molecule has 1 aliphatic rings. The van der Waals surface area contributed by atoms with E-state index in [4.69, 9.17) is 17.0 Å². The van der Waals surface area contributed by atoms with Crippen molar-refractivity contribution >= 4 is 38.8 Å². The summed E-state index contributed by atoms with van der Waals surface area (Å²) < 4.78 is 6.61. The summed E-state index contributed by atoms with van der Waals surface area (Å²) in [5.74, 6) is 0.680. The molecule has 0 unspecified atom stereocenters. The summed E-state index contributed by atoms with van der Waals surface area (Å²) >= 11 is 9.09. The van der Waals surface area contributed by atoms with Gasteiger partial charge in [-0.25, -0.2) is 0 Å². The fourth-order valence-corrected chi connectivity index (χ4v) is 3.58. The van der Waals surface area contributed by atoms with E-state index >= 15 is 0 Å². The second-order valence-electron chi connectivity index (χ2n) is 5.86. The Morgan fingerprint density at radius 1 is 1.24 bits per heavy atom. The van der Waals surface area contributed by atoms with Gasteiger partial charge in [0.15, 0.2) is 0 Å². The highest BCUT2D eigenvalue weighted by atomic mass is 79.9. The maximum absolute atomic E-state index is 10.8. The molecule has 0 radical (unpaired) electrons. The number of ether oxygens (including phenoxy) is 1. The minimum absolute atomic E-state index is 0.0616. The van der Waals surface area contributed by atoms with Crippen molar-refractivity contribution in [1.82, 2.24) is 4.90 Å². The summed E-state index contributed by atoms with van der Waals surface area (Å²) in [7, 11) is 0. The quantitative estimate of drug-likeness (QED) is 0.398. The van der Waals surface area contributed by atoms with Crippen molar-refractivity contribution in [2.24, 2.45) is 0 Å². The molecule has 0 saturated carbocycles. The highest BCUT2D eigenvalue weighted by Crippen LogP contribution is 2.28. The van der Waals surface area contributed by atoms with Crippen molar-refractivity contribution < 1.29 is 9.66 Å². The van der Waals surface area contributed by atoms with Gasteiger partial charge in [0.2, 0.25) is 0 Å². The summed E-state index contributed by atoms with van der Waals surface area (Å²) in [4.78, 5) is 13.5. The average molecular weight is 421 g/mol. The van der Waals surface area contributed by atoms with Gasteiger partial charge in [0.1, 0.15) is 17.3 Å². The van der Waals surface area contributed by atoms with Crippen LogP contribution in [-0.4, -0.2) is 27.9 Å². The van der Waals surface area contributed by atoms with E-state index in [2.05, 4.69) is 20.8 Å². The van der Waals surface area contributed by atoms with Crippen molar-refractivity contribution in [3.8, 4) is 5.75 Å². The Kier molecular flexibility index (Phi) is 5.65. The van der Waals surface area contributed by atoms with Gasteiger partial charge < -0.3 is 9.64 Å². The van der Waals surface area contributed by atoms with E-state index in [9.17, 15) is 10.1 Å². The minimum atomic E-state index is -0.409. The van der Waals surface area contributed by atoms with E-state index in [0.717, 1.165) is 33.7 Å². The molecule has 0 bridgehead atoms. The van der Waals surface area contributed by atoms with Crippen LogP contribution in [0.5, 0.6) is 5.75 Å². The molecule has 1 fully saturated rings. The molecule has 3 rings (SSSR count). The summed E-state index contributed by atoms with van der Waals surface area (Å²) in [5, 5.41) is 10.8. The van der Waals surface area contributed by atoms with Crippen molar-refractivity contribution in [2.75, 3.05) is 13.1 Å². The zero-order valence-electron chi connectivity index (χ0n) is 13.5. The molecule has 0 amide bonds. The number of rotatable bonds is 5. The van der Waals surface area contributed by atoms with Gasteiger partial charge in [0, 0.05) is 30.8 Å². The Morgan fingerprint density at radius 3 is 2.68 bits per heavy atom. The Hall–Kier alpha value is -1.99. The van der Waals surface area contributed by atoms with Crippen molar-refractivity contribution in [3.63, 3.8) is 0 Å². The first kappa shape index (κ1) is 17.8. The molecule has 0 spiro atoms. The predicted octanol–water partition coefficient (Wildman–Crippen LogP) is 4.71. The van der Waals surface area contributed by atoms with Gasteiger partial charge in [-0.2, -0.15) is 0 Å². The monoisotopic (exact) mass is 420 g/mol. The predicted molar refractivity (Wildman–Crippen MR) is 104 cm³/mol. The molecule has 1 saturated heterocycles. The van der Waals surface area contributed by atoms with E-state index < -0.39 is 4.92 Å². The van der Waals surface area contributed by atoms with Crippen LogP contribution in [0.1, 0.15) is 24.0 Å². The molecule has 0 aliphatic carbocycles. The maximum Gasteiger partial charge on any atom is 0.269 e. The first-order chi connectivity index (χ1) is 12.0. The lowest BCUT2D eigenvalue weighted by Gasteiger charge is -2.19. The third-order valence-electron chi connectivity index (χ3n) is 4.09. The lowest BCUT2D eigenvalue weighted by molar-refractivity contribution is -0.384. The van der Waals surface area contributed by atoms with E-state index in [1.165, 1.54) is 25.0 Å². The van der Waals surface area contributed by atoms with Crippen molar-refractivity contribution in [2.45, 2.75) is 19.4 Å². The fraction of sp³-hybridized carbons (Fsp3) is 0.278. The van der Waals surface area contributed by atoms with Crippen molar-refractivity contribution in [3.05, 3.63) is 68.2 Å². The molecule has 0 atom stereocenters. The molecule has 0 aromatic heterocycles. The van der Waals surface area contributed by atoms with E-state index in [0.29, 0.717) is 5.75 Å². The van der Waals surface area contributed by atoms with Crippen molar-refractivity contribution in [1.29, 1.82) is 0 Å². The molecule has 1 aliphatic heterocycles. The van der Waals surface area contributed by atoms with E-state index in [1.807, 2.05) is 18.2 Å². The smallest absolute Gasteiger partial charge is 0.269 e. The molecule has 2 aromatic rings. The highest BCUT2D eigenvalue weighted by molar-refractivity contribution is 9.10. The molecule has 130 valence electrons. The van der Waals surface area contributed by atoms with Crippen LogP contribution in [0.4, 0.5) is 5.69 Å². The Morgan fingerprint density at radius 2 is 2.00 bits per heavy atom. The summed E-state index contributed by atoms with van der Waals surface area (Å²) in [5.41, 5.74) is 1.80. The second-order valence-corrected chi connectivity index (χ2v) is 7.10. The number of nitro benzene ring substituents is 1. The van der Waals surface area contributed by atoms with Gasteiger partial charge >= 0.3 is 0 Å². The maximum atomic E-state index is 10.8. The molecule has 1 heterocycles. The number of halogens is 1. The molecule has 25 heavy (non-hydrogen) atoms. The van der Waals surface area contributed by atoms with Gasteiger partial charge in [0.05, 0.1) is 9.40 Å². The zero-order chi connectivity index (χ0) is 17.8. The minimum Gasteiger partial charge on any atom is -0.488 e. The normalized spacial score (nSPS) is 13.7. The third-order valence-corrected chi connectivity index (χ3v) is 5.20. The number of hydrogen-bond acceptors (Lipinski definition) is 4. The number of benzene rings is 2. The number of nitro groups is 1. The summed E-state index contributed by atoms with van der Waals surface area (Å²) in [6, 6.07) is 12.2. The number of nitrogens with zero attached hydrogens (tertiary/aromatic N) is 2. The van der Waals surface area contributed by atoms with E-state index in [-0.39, 0.29) is 12.3 Å². The van der Waals surface area contributed by atoms with Crippen LogP contribution in [0.25, 0.3) is 0 Å². The fourth-order valence-electron chi connectivity index (χ4n) is 2.77. The van der Waals surface area contributed by atoms with Gasteiger partial charge in [-0.3, -0.25) is 10.1 Å². The van der Waals surface area contributed by atoms with Crippen LogP contribution in [-0.2, 0) is 6.61 Å². The lowest BCUT2D eigenvalue weighted by atomic mass is 10.2. The standard InChI is InChI=1S/C18H17BrN2O3S/c19-16-11-14(18(25)20-8-1-2-9-20)6-7-17(16)24-12-13-4-3-5-15(10-13)21(22)23/h3-7,10-11H,1-2,8-9,12H2. The molecular weight excluding hydrogens is 404 g/mol. The Labute approximate surface area is 159 Å². The number of thiocarbonyl (C=S) groups is 1. The Balaban J connectivity index is 1.68. The molecule has 0 N–H and O–H groups in total. The van der Waals surface area contributed by atoms with Gasteiger partial charge in [-0.1, -0.05) is 24.4 Å². The number of likely N-dealkylation sites (tertiary alicyclic amines) is 1. The van der Waals surface area contributed by atoms with Crippen LogP contribution >= 0.6 is 28.1 Å². The lowest BCUT2D eigenvalue weighted by Crippen LogP contribution is -2.26. The van der Waals surface area contributed by atoms with Gasteiger partial charge in [-0.05, 0) is 52.5 Å². The second kappa shape index (κ2) is 7.93. The number of hydrogen-bond donors (Lipinski definition) is 0. The van der Waals surface area contributed by atoms with Gasteiger partial charge in [-0.15, -0.1) is 0 Å². The Bertz CT molecular complexity index is 807. The van der Waals surface area contributed by atoms with E-state index in [1.54, 1.807) is 12.1 Å². The number of non-ortho nitro benzene ring substituents is 1. The van der Waals surface area contributed by atoms with Crippen LogP contribution in [0.3, 0.4) is 0 Å². The van der Waals surface area contributed by atoms with Crippen LogP contribution in [0, 0.1) is 10.1 Å². The SMILES string of the molecule is O=[N+]([O-])c1cccc(COc2ccc(C(=S)N3CCCC3)cc2Br)c1. The zero-order valence-corrected chi connectivity index (χ0v) is 15.9. The third kappa shape index (κ3) is 4.35. The first-order valence-electron chi connectivity index (χ1n) is 7.99. The average Bonchev–Trinajstić information content (AvgIpc) is 3.15. The van der Waals surface area contributed by atoms with Crippen LogP contribution in [0.15, 0.2) is 46.9 Å². The summed E-state index contributed by atoms with van der Waals surface area (Å²) in [6.45, 7) is 2.29. The van der Waals surface area contributed by atoms with Crippen LogP contribution in [0.2, 0.25) is 0 Å². The first-order valence-corrected chi connectivity index (χ1v) is 9.19. The largest absolute Gasteiger partial charge is 0.488 e. The molecule has 7 heteroatoms. The van der Waals surface area contributed by atoms with Gasteiger partial charge in [0.25, 0.3) is 5.69 Å². The topological polar surface area (TPSA) is 55.6 Å².